The molecule has 0 saturated carbocycles. The van der Waals surface area contributed by atoms with Gasteiger partial charge in [0.05, 0.1) is 17.8 Å². The molecule has 0 spiro atoms. The molecule has 0 fully saturated rings. The predicted molar refractivity (Wildman–Crippen MR) is 87.2 cm³/mol. The van der Waals surface area contributed by atoms with Crippen LogP contribution in [-0.2, 0) is 12.8 Å². The Hall–Kier alpha value is -1.39. The van der Waals surface area contributed by atoms with Gasteiger partial charge in [0.2, 0.25) is 0 Å². The largest absolute Gasteiger partial charge is 0.493 e. The number of aryl methyl sites for hydroxylation is 2. The topological polar surface area (TPSA) is 34.1 Å². The zero-order valence-corrected chi connectivity index (χ0v) is 13.5. The molecule has 1 aromatic heterocycles. The lowest BCUT2D eigenvalue weighted by Crippen LogP contribution is -2.21. The molecule has 1 unspecified atom stereocenters. The second-order valence-corrected chi connectivity index (χ2v) is 6.38. The molecule has 1 aliphatic rings. The van der Waals surface area contributed by atoms with Gasteiger partial charge in [0, 0.05) is 17.3 Å². The number of ether oxygens (including phenoxy) is 1. The van der Waals surface area contributed by atoms with E-state index in [1.54, 1.807) is 11.3 Å². The predicted octanol–water partition coefficient (Wildman–Crippen LogP) is 3.67. The first-order valence-electron chi connectivity index (χ1n) is 7.66. The summed E-state index contributed by atoms with van der Waals surface area (Å²) in [4.78, 5) is 5.76. The maximum atomic E-state index is 5.57. The van der Waals surface area contributed by atoms with E-state index in [2.05, 4.69) is 42.3 Å². The van der Waals surface area contributed by atoms with Gasteiger partial charge < -0.3 is 10.1 Å². The van der Waals surface area contributed by atoms with Gasteiger partial charge in [0.25, 0.3) is 0 Å². The first-order chi connectivity index (χ1) is 10.3. The fourth-order valence-electron chi connectivity index (χ4n) is 2.92. The number of aromatic nitrogens is 1. The normalized spacial score (nSPS) is 14.8. The third-order valence-corrected chi connectivity index (χ3v) is 5.07. The Morgan fingerprint density at radius 3 is 3.10 bits per heavy atom. The molecule has 4 heteroatoms. The first kappa shape index (κ1) is 14.5. The fourth-order valence-corrected chi connectivity index (χ4v) is 3.84. The zero-order chi connectivity index (χ0) is 14.7. The van der Waals surface area contributed by atoms with Crippen LogP contribution >= 0.6 is 11.3 Å². The highest BCUT2D eigenvalue weighted by Crippen LogP contribution is 2.29. The summed E-state index contributed by atoms with van der Waals surface area (Å²) < 4.78 is 5.57. The molecule has 2 heterocycles. The molecular weight excluding hydrogens is 280 g/mol. The molecule has 1 N–H and O–H groups in total. The van der Waals surface area contributed by atoms with E-state index in [9.17, 15) is 0 Å². The van der Waals surface area contributed by atoms with Crippen molar-refractivity contribution in [1.82, 2.24) is 10.3 Å². The smallest absolute Gasteiger partial charge is 0.122 e. The first-order valence-corrected chi connectivity index (χ1v) is 8.54. The molecule has 1 aliphatic heterocycles. The molecule has 0 amide bonds. The molecule has 21 heavy (non-hydrogen) atoms. The number of fused-ring (bicyclic) bond motifs is 1. The Kier molecular flexibility index (Phi) is 4.56. The van der Waals surface area contributed by atoms with Gasteiger partial charge in [0.15, 0.2) is 0 Å². The summed E-state index contributed by atoms with van der Waals surface area (Å²) >= 11 is 1.76. The molecule has 0 saturated heterocycles. The van der Waals surface area contributed by atoms with Crippen molar-refractivity contribution in [2.75, 3.05) is 13.2 Å². The second-order valence-electron chi connectivity index (χ2n) is 5.49. The van der Waals surface area contributed by atoms with Crippen molar-refractivity contribution in [3.63, 3.8) is 0 Å². The van der Waals surface area contributed by atoms with Crippen molar-refractivity contribution < 1.29 is 4.74 Å². The zero-order valence-electron chi connectivity index (χ0n) is 12.7. The van der Waals surface area contributed by atoms with E-state index in [1.807, 2.05) is 5.51 Å². The maximum absolute atomic E-state index is 5.57. The lowest BCUT2D eigenvalue weighted by Gasteiger charge is -2.17. The van der Waals surface area contributed by atoms with Crippen LogP contribution in [0.25, 0.3) is 0 Å². The molecule has 0 bridgehead atoms. The number of benzene rings is 1. The van der Waals surface area contributed by atoms with E-state index in [0.717, 1.165) is 43.9 Å². The third-order valence-electron chi connectivity index (χ3n) is 4.03. The summed E-state index contributed by atoms with van der Waals surface area (Å²) in [6, 6.07) is 7.04. The van der Waals surface area contributed by atoms with Crippen LogP contribution in [0.3, 0.4) is 0 Å². The summed E-state index contributed by atoms with van der Waals surface area (Å²) in [5.74, 6) is 1.07. The van der Waals surface area contributed by atoms with Crippen molar-refractivity contribution in [3.8, 4) is 5.75 Å². The number of hydrogen-bond donors (Lipinski definition) is 1. The molecule has 0 radical (unpaired) electrons. The van der Waals surface area contributed by atoms with Crippen LogP contribution in [0.1, 0.15) is 41.1 Å². The highest BCUT2D eigenvalue weighted by molar-refractivity contribution is 7.09. The minimum atomic E-state index is 0.409. The number of rotatable bonds is 6. The minimum Gasteiger partial charge on any atom is -0.493 e. The summed E-state index contributed by atoms with van der Waals surface area (Å²) in [5.41, 5.74) is 5.88. The number of nitrogens with zero attached hydrogens (tertiary/aromatic N) is 1. The van der Waals surface area contributed by atoms with Gasteiger partial charge in [-0.1, -0.05) is 19.1 Å². The van der Waals surface area contributed by atoms with Gasteiger partial charge >= 0.3 is 0 Å². The van der Waals surface area contributed by atoms with Gasteiger partial charge in [-0.3, -0.25) is 0 Å². The van der Waals surface area contributed by atoms with Gasteiger partial charge in [-0.2, -0.15) is 0 Å². The molecular formula is C17H22N2OS. The summed E-state index contributed by atoms with van der Waals surface area (Å²) in [6.07, 6.45) is 3.24. The summed E-state index contributed by atoms with van der Waals surface area (Å²) in [6.45, 7) is 6.08. The van der Waals surface area contributed by atoms with E-state index in [1.165, 1.54) is 16.0 Å². The minimum absolute atomic E-state index is 0.409. The van der Waals surface area contributed by atoms with E-state index in [4.69, 9.17) is 4.74 Å². The Morgan fingerprint density at radius 2 is 2.33 bits per heavy atom. The highest BCUT2D eigenvalue weighted by Gasteiger charge is 2.16. The monoisotopic (exact) mass is 302 g/mol. The van der Waals surface area contributed by atoms with Crippen molar-refractivity contribution in [2.24, 2.45) is 0 Å². The van der Waals surface area contributed by atoms with E-state index >= 15 is 0 Å². The Bertz CT molecular complexity index is 609. The van der Waals surface area contributed by atoms with Crippen LogP contribution in [0.4, 0.5) is 0 Å². The number of hydrogen-bond acceptors (Lipinski definition) is 4. The Labute approximate surface area is 130 Å². The van der Waals surface area contributed by atoms with Crippen LogP contribution in [0.15, 0.2) is 23.7 Å². The van der Waals surface area contributed by atoms with Crippen molar-refractivity contribution >= 4 is 11.3 Å². The maximum Gasteiger partial charge on any atom is 0.122 e. The average Bonchev–Trinajstić information content (AvgIpc) is 3.11. The van der Waals surface area contributed by atoms with Gasteiger partial charge in [-0.15, -0.1) is 11.3 Å². The average molecular weight is 302 g/mol. The van der Waals surface area contributed by atoms with Crippen LogP contribution < -0.4 is 10.1 Å². The van der Waals surface area contributed by atoms with Gasteiger partial charge in [-0.05, 0) is 43.5 Å². The molecule has 1 atom stereocenters. The number of nitrogens with one attached hydrogen (secondary N) is 1. The van der Waals surface area contributed by atoms with E-state index in [-0.39, 0.29) is 0 Å². The second kappa shape index (κ2) is 6.58. The number of thiazole rings is 1. The molecule has 3 nitrogen and oxygen atoms in total. The van der Waals surface area contributed by atoms with E-state index in [0.29, 0.717) is 6.04 Å². The molecule has 1 aromatic carbocycles. The molecule has 2 aromatic rings. The van der Waals surface area contributed by atoms with Crippen LogP contribution in [0.5, 0.6) is 5.75 Å². The summed E-state index contributed by atoms with van der Waals surface area (Å²) in [5, 5.41) is 3.59. The lowest BCUT2D eigenvalue weighted by atomic mass is 10.0. The third kappa shape index (κ3) is 3.27. The van der Waals surface area contributed by atoms with Crippen LogP contribution in [-0.4, -0.2) is 18.1 Å². The van der Waals surface area contributed by atoms with Crippen molar-refractivity contribution in [3.05, 3.63) is 45.4 Å². The highest BCUT2D eigenvalue weighted by atomic mass is 32.1. The quantitative estimate of drug-likeness (QED) is 0.884. The van der Waals surface area contributed by atoms with E-state index < -0.39 is 0 Å². The standard InChI is InChI=1S/C17H22N2OS/c1-3-18-15(17-12(2)19-11-21-17)6-4-13-5-7-16-14(10-13)8-9-20-16/h5,7,10-11,15,18H,3-4,6,8-9H2,1-2H3. The van der Waals surface area contributed by atoms with Crippen LogP contribution in [0.2, 0.25) is 0 Å². The fraction of sp³-hybridized carbons (Fsp3) is 0.471. The van der Waals surface area contributed by atoms with Crippen LogP contribution in [0, 0.1) is 6.92 Å². The Morgan fingerprint density at radius 1 is 1.43 bits per heavy atom. The molecule has 112 valence electrons. The Balaban J connectivity index is 1.68. The molecule has 0 aliphatic carbocycles. The van der Waals surface area contributed by atoms with Crippen molar-refractivity contribution in [1.29, 1.82) is 0 Å². The SMILES string of the molecule is CCNC(CCc1ccc2c(c1)CCO2)c1scnc1C. The van der Waals surface area contributed by atoms with Crippen molar-refractivity contribution in [2.45, 2.75) is 39.2 Å². The lowest BCUT2D eigenvalue weighted by molar-refractivity contribution is 0.357. The van der Waals surface area contributed by atoms with Gasteiger partial charge in [-0.25, -0.2) is 4.98 Å². The molecule has 3 rings (SSSR count). The summed E-state index contributed by atoms with van der Waals surface area (Å²) in [7, 11) is 0. The van der Waals surface area contributed by atoms with Gasteiger partial charge in [0.1, 0.15) is 5.75 Å².